The second-order valence-electron chi connectivity index (χ2n) is 3.05. The van der Waals surface area contributed by atoms with Gasteiger partial charge >= 0.3 is 5.97 Å². The van der Waals surface area contributed by atoms with E-state index in [-0.39, 0.29) is 5.69 Å². The molecule has 76 valence electrons. The number of pyridine rings is 1. The number of aromatic nitrogens is 1. The van der Waals surface area contributed by atoms with Crippen LogP contribution in [0.2, 0.25) is 0 Å². The zero-order chi connectivity index (χ0) is 10.7. The Kier molecular flexibility index (Phi) is 3.16. The average Bonchev–Trinajstić information content (AvgIpc) is 2.16. The Bertz CT molecular complexity index is 321. The smallest absolute Gasteiger partial charge is 0.354 e. The summed E-state index contributed by atoms with van der Waals surface area (Å²) < 4.78 is 0. The molecule has 0 aliphatic rings. The lowest BCUT2D eigenvalue weighted by Gasteiger charge is -2.14. The first-order valence-electron chi connectivity index (χ1n) is 4.15. The van der Waals surface area contributed by atoms with E-state index in [0.29, 0.717) is 5.56 Å². The fourth-order valence-corrected chi connectivity index (χ4v) is 1.01. The van der Waals surface area contributed by atoms with Crippen LogP contribution in [-0.2, 0) is 0 Å². The highest BCUT2D eigenvalue weighted by molar-refractivity contribution is 5.85. The zero-order valence-electron chi connectivity index (χ0n) is 7.71. The molecule has 0 aliphatic carbocycles. The number of carboxylic acids is 1. The Hall–Kier alpha value is -1.46. The lowest BCUT2D eigenvalue weighted by molar-refractivity contribution is 0.0690. The monoisotopic (exact) mass is 196 g/mol. The topological polar surface area (TPSA) is 96.4 Å². The highest BCUT2D eigenvalue weighted by atomic mass is 16.4. The lowest BCUT2D eigenvalue weighted by atomic mass is 10.1. The van der Waals surface area contributed by atoms with Gasteiger partial charge < -0.3 is 15.9 Å². The molecule has 1 aromatic heterocycles. The Labute approximate surface area is 81.2 Å². The number of nitrogens with zero attached hydrogens (tertiary/aromatic N) is 1. The van der Waals surface area contributed by atoms with Gasteiger partial charge in [0.1, 0.15) is 5.69 Å². The minimum atomic E-state index is -1.08. The van der Waals surface area contributed by atoms with Crippen LogP contribution in [0.4, 0.5) is 0 Å². The van der Waals surface area contributed by atoms with Crippen molar-refractivity contribution in [3.05, 3.63) is 29.6 Å². The molecule has 1 aromatic rings. The molecule has 5 heteroatoms. The molecule has 0 fully saturated rings. The van der Waals surface area contributed by atoms with Gasteiger partial charge in [-0.15, -0.1) is 0 Å². The first kappa shape index (κ1) is 10.6. The van der Waals surface area contributed by atoms with Crippen LogP contribution in [0.1, 0.15) is 29.0 Å². The molecule has 2 atom stereocenters. The van der Waals surface area contributed by atoms with Crippen LogP contribution in [0.15, 0.2) is 18.3 Å². The van der Waals surface area contributed by atoms with Crippen LogP contribution in [0.5, 0.6) is 0 Å². The van der Waals surface area contributed by atoms with Gasteiger partial charge in [-0.25, -0.2) is 9.78 Å². The number of rotatable bonds is 3. The van der Waals surface area contributed by atoms with E-state index in [1.54, 1.807) is 13.0 Å². The third-order valence-corrected chi connectivity index (χ3v) is 1.91. The van der Waals surface area contributed by atoms with E-state index in [2.05, 4.69) is 4.98 Å². The molecule has 0 saturated heterocycles. The minimum absolute atomic E-state index is 0.0356. The third-order valence-electron chi connectivity index (χ3n) is 1.91. The summed E-state index contributed by atoms with van der Waals surface area (Å²) in [5, 5.41) is 17.8. The van der Waals surface area contributed by atoms with Gasteiger partial charge in [-0.3, -0.25) is 0 Å². The number of hydrogen-bond acceptors (Lipinski definition) is 4. The van der Waals surface area contributed by atoms with Crippen LogP contribution in [0.25, 0.3) is 0 Å². The van der Waals surface area contributed by atoms with Crippen LogP contribution in [-0.4, -0.2) is 27.3 Å². The predicted octanol–water partition coefficient (Wildman–Crippen LogP) is 0.160. The molecule has 5 nitrogen and oxygen atoms in total. The largest absolute Gasteiger partial charge is 0.477 e. The Balaban J connectivity index is 2.88. The van der Waals surface area contributed by atoms with Crippen molar-refractivity contribution >= 4 is 5.97 Å². The second-order valence-corrected chi connectivity index (χ2v) is 3.05. The van der Waals surface area contributed by atoms with Crippen molar-refractivity contribution in [3.63, 3.8) is 0 Å². The number of aliphatic hydroxyl groups excluding tert-OH is 1. The van der Waals surface area contributed by atoms with Crippen LogP contribution >= 0.6 is 0 Å². The summed E-state index contributed by atoms with van der Waals surface area (Å²) in [6, 6.07) is 2.37. The standard InChI is InChI=1S/C9H12N2O3/c1-5(12)8(10)6-2-3-7(9(13)14)11-4-6/h2-5,8,12H,10H2,1H3,(H,13,14). The first-order valence-corrected chi connectivity index (χ1v) is 4.15. The van der Waals surface area contributed by atoms with Crippen molar-refractivity contribution in [1.29, 1.82) is 0 Å². The molecule has 0 bridgehead atoms. The summed E-state index contributed by atoms with van der Waals surface area (Å²) in [7, 11) is 0. The zero-order valence-corrected chi connectivity index (χ0v) is 7.71. The van der Waals surface area contributed by atoms with Crippen molar-refractivity contribution < 1.29 is 15.0 Å². The van der Waals surface area contributed by atoms with E-state index in [9.17, 15) is 9.90 Å². The number of aromatic carboxylic acids is 1. The molecule has 0 aromatic carbocycles. The van der Waals surface area contributed by atoms with E-state index in [0.717, 1.165) is 0 Å². The Morgan fingerprint density at radius 3 is 2.57 bits per heavy atom. The van der Waals surface area contributed by atoms with E-state index in [4.69, 9.17) is 10.8 Å². The van der Waals surface area contributed by atoms with Crippen molar-refractivity contribution in [1.82, 2.24) is 4.98 Å². The predicted molar refractivity (Wildman–Crippen MR) is 49.8 cm³/mol. The van der Waals surface area contributed by atoms with E-state index in [1.807, 2.05) is 0 Å². The van der Waals surface area contributed by atoms with E-state index in [1.165, 1.54) is 12.3 Å². The Morgan fingerprint density at radius 2 is 2.21 bits per heavy atom. The van der Waals surface area contributed by atoms with Gasteiger partial charge in [0.2, 0.25) is 0 Å². The third kappa shape index (κ3) is 2.27. The normalized spacial score (nSPS) is 14.8. The number of aliphatic hydroxyl groups is 1. The molecule has 0 radical (unpaired) electrons. The summed E-state index contributed by atoms with van der Waals surface area (Å²) in [4.78, 5) is 14.2. The fraction of sp³-hybridized carbons (Fsp3) is 0.333. The van der Waals surface area contributed by atoms with E-state index < -0.39 is 18.1 Å². The number of carboxylic acid groups (broad SMARTS) is 1. The maximum absolute atomic E-state index is 10.5. The molecular formula is C9H12N2O3. The number of hydrogen-bond donors (Lipinski definition) is 3. The summed E-state index contributed by atoms with van der Waals surface area (Å²) in [5.74, 6) is -1.08. The summed E-state index contributed by atoms with van der Waals surface area (Å²) in [5.41, 5.74) is 6.21. The molecule has 0 spiro atoms. The van der Waals surface area contributed by atoms with Gasteiger partial charge in [0.25, 0.3) is 0 Å². The molecule has 14 heavy (non-hydrogen) atoms. The minimum Gasteiger partial charge on any atom is -0.477 e. The van der Waals surface area contributed by atoms with Crippen molar-refractivity contribution in [3.8, 4) is 0 Å². The van der Waals surface area contributed by atoms with E-state index >= 15 is 0 Å². The second kappa shape index (κ2) is 4.17. The van der Waals surface area contributed by atoms with Crippen LogP contribution < -0.4 is 5.73 Å². The van der Waals surface area contributed by atoms with Gasteiger partial charge in [0.15, 0.2) is 0 Å². The highest BCUT2D eigenvalue weighted by Crippen LogP contribution is 2.12. The van der Waals surface area contributed by atoms with Crippen molar-refractivity contribution in [2.24, 2.45) is 5.73 Å². The van der Waals surface area contributed by atoms with Gasteiger partial charge in [0.05, 0.1) is 12.1 Å². The molecular weight excluding hydrogens is 184 g/mol. The maximum atomic E-state index is 10.5. The SMILES string of the molecule is CC(O)C(N)c1ccc(C(=O)O)nc1. The average molecular weight is 196 g/mol. The molecule has 2 unspecified atom stereocenters. The highest BCUT2D eigenvalue weighted by Gasteiger charge is 2.13. The lowest BCUT2D eigenvalue weighted by Crippen LogP contribution is -2.23. The van der Waals surface area contributed by atoms with Gasteiger partial charge in [0, 0.05) is 6.20 Å². The molecule has 0 amide bonds. The summed E-state index contributed by atoms with van der Waals surface area (Å²) in [6.07, 6.45) is 0.674. The van der Waals surface area contributed by atoms with Crippen LogP contribution in [0.3, 0.4) is 0 Å². The Morgan fingerprint density at radius 1 is 1.57 bits per heavy atom. The van der Waals surface area contributed by atoms with Gasteiger partial charge in [-0.05, 0) is 18.6 Å². The number of carbonyl (C=O) groups is 1. The quantitative estimate of drug-likeness (QED) is 0.639. The first-order chi connectivity index (χ1) is 6.52. The number of nitrogens with two attached hydrogens (primary N) is 1. The fourth-order valence-electron chi connectivity index (χ4n) is 1.01. The van der Waals surface area contributed by atoms with Gasteiger partial charge in [-0.2, -0.15) is 0 Å². The maximum Gasteiger partial charge on any atom is 0.354 e. The molecule has 4 N–H and O–H groups in total. The van der Waals surface area contributed by atoms with Gasteiger partial charge in [-0.1, -0.05) is 6.07 Å². The molecule has 0 saturated carbocycles. The summed E-state index contributed by atoms with van der Waals surface area (Å²) >= 11 is 0. The van der Waals surface area contributed by atoms with Crippen molar-refractivity contribution in [2.75, 3.05) is 0 Å². The van der Waals surface area contributed by atoms with Crippen LogP contribution in [0, 0.1) is 0 Å². The summed E-state index contributed by atoms with van der Waals surface area (Å²) in [6.45, 7) is 1.57. The van der Waals surface area contributed by atoms with Crippen molar-refractivity contribution in [2.45, 2.75) is 19.1 Å². The molecule has 1 heterocycles. The molecule has 0 aliphatic heterocycles. The molecule has 1 rings (SSSR count).